The van der Waals surface area contributed by atoms with Crippen LogP contribution in [0.1, 0.15) is 0 Å². The molecule has 0 amide bonds. The van der Waals surface area contributed by atoms with E-state index >= 15 is 0 Å². The molecule has 0 saturated heterocycles. The Hall–Kier alpha value is -5.64. The van der Waals surface area contributed by atoms with Gasteiger partial charge in [-0.25, -0.2) is 9.97 Å². The standard InChI is InChI=1S/C42H26N2S/c1-2-14-32-27(10-1)11-8-19-33(32)28-21-23-29(24-22-28)39-34-15-3-5-17-36(34)40(37-18-6-4-16-35(37)39)30-12-7-13-31(26-30)41-44-38-20-9-25-43-42(38)45-41/h1-26H. The Labute approximate surface area is 264 Å². The van der Waals surface area contributed by atoms with Crippen LogP contribution in [0, 0.1) is 0 Å². The van der Waals surface area contributed by atoms with Crippen LogP contribution in [0.5, 0.6) is 0 Å². The van der Waals surface area contributed by atoms with Gasteiger partial charge in [0.1, 0.15) is 15.4 Å². The average Bonchev–Trinajstić information content (AvgIpc) is 3.55. The van der Waals surface area contributed by atoms with Gasteiger partial charge in [0, 0.05) is 11.8 Å². The van der Waals surface area contributed by atoms with Gasteiger partial charge in [-0.1, -0.05) is 145 Å². The summed E-state index contributed by atoms with van der Waals surface area (Å²) in [5.74, 6) is 0. The molecule has 2 heterocycles. The van der Waals surface area contributed by atoms with Crippen LogP contribution < -0.4 is 0 Å². The number of pyridine rings is 1. The summed E-state index contributed by atoms with van der Waals surface area (Å²) >= 11 is 1.64. The summed E-state index contributed by atoms with van der Waals surface area (Å²) in [4.78, 5) is 10.4. The lowest BCUT2D eigenvalue weighted by Crippen LogP contribution is -1.91. The minimum Gasteiger partial charge on any atom is -0.244 e. The minimum absolute atomic E-state index is 0.939. The third-order valence-corrected chi connectivity index (χ3v) is 9.80. The zero-order valence-electron chi connectivity index (χ0n) is 24.3. The van der Waals surface area contributed by atoms with Crippen molar-refractivity contribution in [2.45, 2.75) is 0 Å². The molecule has 0 aliphatic rings. The summed E-state index contributed by atoms with van der Waals surface area (Å²) in [6.45, 7) is 0. The van der Waals surface area contributed by atoms with Crippen molar-refractivity contribution in [3.63, 3.8) is 0 Å². The number of nitrogens with zero attached hydrogens (tertiary/aromatic N) is 2. The van der Waals surface area contributed by atoms with Gasteiger partial charge in [-0.3, -0.25) is 0 Å². The molecule has 3 heteroatoms. The maximum absolute atomic E-state index is 4.90. The summed E-state index contributed by atoms with van der Waals surface area (Å²) in [6, 6.07) is 54.7. The van der Waals surface area contributed by atoms with Crippen molar-refractivity contribution in [1.82, 2.24) is 9.97 Å². The van der Waals surface area contributed by atoms with Crippen molar-refractivity contribution in [3.8, 4) is 44.0 Å². The highest BCUT2D eigenvalue weighted by Gasteiger charge is 2.17. The topological polar surface area (TPSA) is 25.8 Å². The molecule has 0 bridgehead atoms. The molecule has 0 aliphatic carbocycles. The van der Waals surface area contributed by atoms with Gasteiger partial charge in [0.25, 0.3) is 0 Å². The molecule has 9 aromatic rings. The van der Waals surface area contributed by atoms with Crippen LogP contribution in [0.25, 0.3) is 86.6 Å². The van der Waals surface area contributed by atoms with E-state index in [0.717, 1.165) is 20.9 Å². The second-order valence-corrected chi connectivity index (χ2v) is 12.4. The monoisotopic (exact) mass is 590 g/mol. The minimum atomic E-state index is 0.939. The molecule has 2 nitrogen and oxygen atoms in total. The Morgan fingerprint density at radius 1 is 0.422 bits per heavy atom. The highest BCUT2D eigenvalue weighted by Crippen LogP contribution is 2.45. The number of hydrogen-bond donors (Lipinski definition) is 0. The molecule has 0 atom stereocenters. The van der Waals surface area contributed by atoms with Crippen molar-refractivity contribution in [2.24, 2.45) is 0 Å². The first-order chi connectivity index (χ1) is 22.3. The van der Waals surface area contributed by atoms with Crippen LogP contribution >= 0.6 is 11.3 Å². The highest BCUT2D eigenvalue weighted by atomic mass is 32.1. The third-order valence-electron chi connectivity index (χ3n) is 8.77. The normalized spacial score (nSPS) is 11.6. The zero-order valence-corrected chi connectivity index (χ0v) is 25.1. The summed E-state index contributed by atoms with van der Waals surface area (Å²) < 4.78 is 0. The van der Waals surface area contributed by atoms with Crippen molar-refractivity contribution in [2.75, 3.05) is 0 Å². The molecule has 2 aromatic heterocycles. The lowest BCUT2D eigenvalue weighted by atomic mass is 9.85. The molecule has 0 N–H and O–H groups in total. The second-order valence-electron chi connectivity index (χ2n) is 11.4. The van der Waals surface area contributed by atoms with Gasteiger partial charge < -0.3 is 0 Å². The molecule has 210 valence electrons. The Morgan fingerprint density at radius 3 is 1.71 bits per heavy atom. The first-order valence-electron chi connectivity index (χ1n) is 15.2. The number of rotatable bonds is 4. The van der Waals surface area contributed by atoms with Crippen LogP contribution in [0.4, 0.5) is 0 Å². The van der Waals surface area contributed by atoms with Gasteiger partial charge in [-0.15, -0.1) is 0 Å². The fourth-order valence-corrected chi connectivity index (χ4v) is 7.65. The number of benzene rings is 7. The zero-order chi connectivity index (χ0) is 29.7. The molecule has 7 aromatic carbocycles. The van der Waals surface area contributed by atoms with Gasteiger partial charge in [-0.2, -0.15) is 0 Å². The van der Waals surface area contributed by atoms with Crippen molar-refractivity contribution < 1.29 is 0 Å². The molecular formula is C42H26N2S. The van der Waals surface area contributed by atoms with E-state index in [0.29, 0.717) is 0 Å². The number of fused-ring (bicyclic) bond motifs is 4. The van der Waals surface area contributed by atoms with Gasteiger partial charge >= 0.3 is 0 Å². The second kappa shape index (κ2) is 10.5. The Morgan fingerprint density at radius 2 is 1.00 bits per heavy atom. The smallest absolute Gasteiger partial charge is 0.143 e. The van der Waals surface area contributed by atoms with E-state index in [-0.39, 0.29) is 0 Å². The Balaban J connectivity index is 1.23. The molecule has 0 unspecified atom stereocenters. The van der Waals surface area contributed by atoms with Gasteiger partial charge in [-0.05, 0) is 83.9 Å². The first-order valence-corrected chi connectivity index (χ1v) is 16.0. The largest absolute Gasteiger partial charge is 0.244 e. The summed E-state index contributed by atoms with van der Waals surface area (Å²) in [5.41, 5.74) is 9.45. The van der Waals surface area contributed by atoms with Crippen LogP contribution in [0.15, 0.2) is 158 Å². The quantitative estimate of drug-likeness (QED) is 0.191. The van der Waals surface area contributed by atoms with Crippen molar-refractivity contribution in [3.05, 3.63) is 158 Å². The Bertz CT molecular complexity index is 2450. The van der Waals surface area contributed by atoms with E-state index < -0.39 is 0 Å². The van der Waals surface area contributed by atoms with E-state index in [2.05, 4.69) is 145 Å². The third kappa shape index (κ3) is 4.32. The van der Waals surface area contributed by atoms with E-state index in [9.17, 15) is 0 Å². The van der Waals surface area contributed by atoms with Crippen LogP contribution in [-0.2, 0) is 0 Å². The molecular weight excluding hydrogens is 565 g/mol. The molecule has 0 spiro atoms. The van der Waals surface area contributed by atoms with Gasteiger partial charge in [0.15, 0.2) is 0 Å². The maximum Gasteiger partial charge on any atom is 0.143 e. The van der Waals surface area contributed by atoms with E-state index in [4.69, 9.17) is 4.98 Å². The van der Waals surface area contributed by atoms with Crippen LogP contribution in [0.3, 0.4) is 0 Å². The lowest BCUT2D eigenvalue weighted by molar-refractivity contribution is 1.41. The van der Waals surface area contributed by atoms with Crippen LogP contribution in [0.2, 0.25) is 0 Å². The molecule has 0 radical (unpaired) electrons. The van der Waals surface area contributed by atoms with Crippen molar-refractivity contribution >= 4 is 54.0 Å². The van der Waals surface area contributed by atoms with Crippen molar-refractivity contribution in [1.29, 1.82) is 0 Å². The Kier molecular flexibility index (Phi) is 6.03. The molecule has 0 aliphatic heterocycles. The number of thiazole rings is 1. The number of hydrogen-bond acceptors (Lipinski definition) is 3. The maximum atomic E-state index is 4.90. The average molecular weight is 591 g/mol. The SMILES string of the molecule is c1cc(-c2nc3cccnc3s2)cc(-c2c3ccccc3c(-c3ccc(-c4cccc5ccccc45)cc3)c3ccccc23)c1. The molecule has 0 fully saturated rings. The predicted octanol–water partition coefficient (Wildman–Crippen LogP) is 11.8. The first kappa shape index (κ1) is 25.8. The summed E-state index contributed by atoms with van der Waals surface area (Å²) in [7, 11) is 0. The molecule has 45 heavy (non-hydrogen) atoms. The van der Waals surface area contributed by atoms with E-state index in [1.165, 1.54) is 65.7 Å². The predicted molar refractivity (Wildman–Crippen MR) is 192 cm³/mol. The highest BCUT2D eigenvalue weighted by molar-refractivity contribution is 7.21. The lowest BCUT2D eigenvalue weighted by Gasteiger charge is -2.18. The molecule has 9 rings (SSSR count). The summed E-state index contributed by atoms with van der Waals surface area (Å²) in [5, 5.41) is 8.51. The molecule has 0 saturated carbocycles. The fraction of sp³-hybridized carbons (Fsp3) is 0. The van der Waals surface area contributed by atoms with Gasteiger partial charge in [0.2, 0.25) is 0 Å². The van der Waals surface area contributed by atoms with E-state index in [1.807, 2.05) is 18.3 Å². The van der Waals surface area contributed by atoms with E-state index in [1.54, 1.807) is 11.3 Å². The summed E-state index contributed by atoms with van der Waals surface area (Å²) in [6.07, 6.45) is 1.83. The van der Waals surface area contributed by atoms with Gasteiger partial charge in [0.05, 0.1) is 0 Å². The number of aromatic nitrogens is 2. The van der Waals surface area contributed by atoms with Crippen LogP contribution in [-0.4, -0.2) is 9.97 Å². The fourth-order valence-electron chi connectivity index (χ4n) is 6.75.